The number of anilines is 1. The maximum absolute atomic E-state index is 12.1. The summed E-state index contributed by atoms with van der Waals surface area (Å²) in [4.78, 5) is 16.0. The van der Waals surface area contributed by atoms with E-state index in [2.05, 4.69) is 45.0 Å². The highest BCUT2D eigenvalue weighted by atomic mass is 16.2. The van der Waals surface area contributed by atoms with Crippen LogP contribution < -0.4 is 4.90 Å². The lowest BCUT2D eigenvalue weighted by Crippen LogP contribution is -2.38. The summed E-state index contributed by atoms with van der Waals surface area (Å²) in [5.74, 6) is 0.178. The molecule has 0 aromatic heterocycles. The van der Waals surface area contributed by atoms with Gasteiger partial charge in [-0.1, -0.05) is 32.9 Å². The third-order valence-electron chi connectivity index (χ3n) is 3.66. The van der Waals surface area contributed by atoms with Gasteiger partial charge in [-0.3, -0.25) is 4.79 Å². The normalized spacial score (nSPS) is 11.3. The van der Waals surface area contributed by atoms with E-state index in [9.17, 15) is 4.79 Å². The molecule has 0 N–H and O–H groups in total. The highest BCUT2D eigenvalue weighted by Crippen LogP contribution is 2.24. The molecule has 0 saturated heterocycles. The van der Waals surface area contributed by atoms with Gasteiger partial charge in [-0.05, 0) is 37.0 Å². The summed E-state index contributed by atoms with van der Waals surface area (Å²) in [7, 11) is 1.97. The van der Waals surface area contributed by atoms with Crippen LogP contribution in [0.15, 0.2) is 24.3 Å². The summed E-state index contributed by atoms with van der Waals surface area (Å²) < 4.78 is 0. The van der Waals surface area contributed by atoms with Gasteiger partial charge in [-0.25, -0.2) is 0 Å². The molecule has 0 bridgehead atoms. The monoisotopic (exact) mass is 276 g/mol. The fraction of sp³-hybridized carbons (Fsp3) is 0.588. The molecular formula is C17H28N2O. The van der Waals surface area contributed by atoms with E-state index in [1.807, 2.05) is 30.7 Å². The molecule has 20 heavy (non-hydrogen) atoms. The Labute approximate surface area is 123 Å². The Bertz CT molecular complexity index is 427. The molecule has 3 heteroatoms. The van der Waals surface area contributed by atoms with Crippen molar-refractivity contribution in [1.29, 1.82) is 0 Å². The van der Waals surface area contributed by atoms with Gasteiger partial charge in [0.15, 0.2) is 0 Å². The zero-order valence-corrected chi connectivity index (χ0v) is 13.7. The Balaban J connectivity index is 2.73. The lowest BCUT2D eigenvalue weighted by Gasteiger charge is -2.25. The highest BCUT2D eigenvalue weighted by molar-refractivity contribution is 5.81. The molecule has 1 aromatic carbocycles. The summed E-state index contributed by atoms with van der Waals surface area (Å²) in [6.07, 6.45) is 0. The van der Waals surface area contributed by atoms with Gasteiger partial charge in [0.2, 0.25) is 5.91 Å². The van der Waals surface area contributed by atoms with Gasteiger partial charge in [0.25, 0.3) is 0 Å². The van der Waals surface area contributed by atoms with Gasteiger partial charge in [0, 0.05) is 25.8 Å². The third kappa shape index (κ3) is 4.26. The van der Waals surface area contributed by atoms with Gasteiger partial charge < -0.3 is 9.80 Å². The smallest absolute Gasteiger partial charge is 0.242 e. The number of benzene rings is 1. The van der Waals surface area contributed by atoms with Crippen molar-refractivity contribution in [1.82, 2.24) is 4.90 Å². The van der Waals surface area contributed by atoms with E-state index < -0.39 is 0 Å². The van der Waals surface area contributed by atoms with Crippen LogP contribution in [-0.4, -0.2) is 37.5 Å². The Morgan fingerprint density at radius 3 is 1.95 bits per heavy atom. The van der Waals surface area contributed by atoms with Crippen molar-refractivity contribution >= 4 is 11.6 Å². The van der Waals surface area contributed by atoms with Crippen molar-refractivity contribution in [2.45, 2.75) is 40.0 Å². The molecule has 0 spiro atoms. The SMILES string of the molecule is CCN(CC)C(=O)CN(C)c1ccc(C(C)(C)C)cc1. The second kappa shape index (κ2) is 6.78. The first-order valence-electron chi connectivity index (χ1n) is 7.39. The van der Waals surface area contributed by atoms with Crippen LogP contribution in [-0.2, 0) is 10.2 Å². The maximum atomic E-state index is 12.1. The number of rotatable bonds is 5. The lowest BCUT2D eigenvalue weighted by molar-refractivity contribution is -0.129. The van der Waals surface area contributed by atoms with E-state index in [-0.39, 0.29) is 11.3 Å². The molecule has 3 nitrogen and oxygen atoms in total. The van der Waals surface area contributed by atoms with Crippen LogP contribution in [0.4, 0.5) is 5.69 Å². The van der Waals surface area contributed by atoms with E-state index >= 15 is 0 Å². The molecule has 0 radical (unpaired) electrons. The fourth-order valence-corrected chi connectivity index (χ4v) is 2.19. The minimum absolute atomic E-state index is 0.161. The van der Waals surface area contributed by atoms with Crippen LogP contribution >= 0.6 is 0 Å². The third-order valence-corrected chi connectivity index (χ3v) is 3.66. The van der Waals surface area contributed by atoms with Gasteiger partial charge in [-0.15, -0.1) is 0 Å². The van der Waals surface area contributed by atoms with E-state index in [1.54, 1.807) is 0 Å². The first-order chi connectivity index (χ1) is 9.29. The molecule has 0 saturated carbocycles. The predicted molar refractivity (Wildman–Crippen MR) is 86.3 cm³/mol. The quantitative estimate of drug-likeness (QED) is 0.824. The molecule has 0 aliphatic carbocycles. The summed E-state index contributed by atoms with van der Waals surface area (Å²) in [5, 5.41) is 0. The standard InChI is InChI=1S/C17H28N2O/c1-7-19(8-2)16(20)13-18(6)15-11-9-14(10-12-15)17(3,4)5/h9-12H,7-8,13H2,1-6H3. The number of amides is 1. The van der Waals surface area contributed by atoms with Crippen LogP contribution in [0.1, 0.15) is 40.2 Å². The predicted octanol–water partition coefficient (Wildman–Crippen LogP) is 3.29. The molecule has 0 aliphatic rings. The summed E-state index contributed by atoms with van der Waals surface area (Å²) in [6.45, 7) is 12.6. The second-order valence-corrected chi connectivity index (χ2v) is 6.22. The molecule has 112 valence electrons. The average molecular weight is 276 g/mol. The van der Waals surface area contributed by atoms with Crippen LogP contribution in [0.25, 0.3) is 0 Å². The topological polar surface area (TPSA) is 23.6 Å². The van der Waals surface area contributed by atoms with E-state index in [0.29, 0.717) is 6.54 Å². The summed E-state index contributed by atoms with van der Waals surface area (Å²) in [6, 6.07) is 8.48. The van der Waals surface area contributed by atoms with E-state index in [0.717, 1.165) is 18.8 Å². The van der Waals surface area contributed by atoms with Crippen LogP contribution in [0.5, 0.6) is 0 Å². The largest absolute Gasteiger partial charge is 0.365 e. The minimum Gasteiger partial charge on any atom is -0.365 e. The maximum Gasteiger partial charge on any atom is 0.242 e. The van der Waals surface area contributed by atoms with Gasteiger partial charge in [0.1, 0.15) is 0 Å². The molecule has 1 amide bonds. The van der Waals surface area contributed by atoms with Gasteiger partial charge >= 0.3 is 0 Å². The van der Waals surface area contributed by atoms with Gasteiger partial charge in [-0.2, -0.15) is 0 Å². The average Bonchev–Trinajstić information content (AvgIpc) is 2.39. The molecule has 0 aliphatic heterocycles. The first-order valence-corrected chi connectivity index (χ1v) is 7.39. The van der Waals surface area contributed by atoms with Crippen molar-refractivity contribution in [3.05, 3.63) is 29.8 Å². The molecule has 0 fully saturated rings. The first kappa shape index (κ1) is 16.5. The summed E-state index contributed by atoms with van der Waals surface area (Å²) in [5.41, 5.74) is 2.55. The Morgan fingerprint density at radius 1 is 1.05 bits per heavy atom. The molecule has 0 unspecified atom stereocenters. The molecular weight excluding hydrogens is 248 g/mol. The second-order valence-electron chi connectivity index (χ2n) is 6.22. The minimum atomic E-state index is 0.161. The Kier molecular flexibility index (Phi) is 5.61. The summed E-state index contributed by atoms with van der Waals surface area (Å²) >= 11 is 0. The van der Waals surface area contributed by atoms with Crippen molar-refractivity contribution < 1.29 is 4.79 Å². The zero-order valence-electron chi connectivity index (χ0n) is 13.7. The fourth-order valence-electron chi connectivity index (χ4n) is 2.19. The van der Waals surface area contributed by atoms with Crippen LogP contribution in [0.2, 0.25) is 0 Å². The number of hydrogen-bond acceptors (Lipinski definition) is 2. The number of nitrogens with zero attached hydrogens (tertiary/aromatic N) is 2. The van der Waals surface area contributed by atoms with E-state index in [1.165, 1.54) is 5.56 Å². The van der Waals surface area contributed by atoms with Crippen LogP contribution in [0, 0.1) is 0 Å². The van der Waals surface area contributed by atoms with Crippen molar-refractivity contribution in [2.24, 2.45) is 0 Å². The highest BCUT2D eigenvalue weighted by Gasteiger charge is 2.15. The van der Waals surface area contributed by atoms with Crippen molar-refractivity contribution in [3.8, 4) is 0 Å². The van der Waals surface area contributed by atoms with E-state index in [4.69, 9.17) is 0 Å². The molecule has 0 heterocycles. The number of carbonyl (C=O) groups is 1. The number of carbonyl (C=O) groups excluding carboxylic acids is 1. The number of hydrogen-bond donors (Lipinski definition) is 0. The zero-order chi connectivity index (χ0) is 15.3. The molecule has 1 rings (SSSR count). The Hall–Kier alpha value is -1.51. The van der Waals surface area contributed by atoms with Gasteiger partial charge in [0.05, 0.1) is 6.54 Å². The number of likely N-dealkylation sites (N-methyl/N-ethyl adjacent to an activating group) is 2. The lowest BCUT2D eigenvalue weighted by atomic mass is 9.87. The molecule has 0 atom stereocenters. The molecule has 1 aromatic rings. The Morgan fingerprint density at radius 2 is 1.55 bits per heavy atom. The van der Waals surface area contributed by atoms with Crippen LogP contribution in [0.3, 0.4) is 0 Å². The van der Waals surface area contributed by atoms with Crippen molar-refractivity contribution in [3.63, 3.8) is 0 Å². The van der Waals surface area contributed by atoms with Crippen molar-refractivity contribution in [2.75, 3.05) is 31.6 Å².